The number of amides is 2. The summed E-state index contributed by atoms with van der Waals surface area (Å²) in [6, 6.07) is -0.212. The minimum Gasteiger partial charge on any atom is -0.481 e. The molecule has 3 aliphatic heterocycles. The number of hydrogen-bond acceptors (Lipinski definition) is 6. The number of thiol groups is 1. The van der Waals surface area contributed by atoms with Gasteiger partial charge in [0.2, 0.25) is 5.91 Å². The second kappa shape index (κ2) is 13.3. The molecule has 4 heterocycles. The first-order chi connectivity index (χ1) is 20.7. The lowest BCUT2D eigenvalue weighted by atomic mass is 9.91. The van der Waals surface area contributed by atoms with Crippen LogP contribution in [-0.2, 0) is 25.6 Å². The molecule has 1 aromatic rings. The Morgan fingerprint density at radius 2 is 1.66 bits per heavy atom. The normalized spacial score (nSPS) is 26.0. The number of nitrogens with one attached hydrogen (secondary N) is 4. The Kier molecular flexibility index (Phi) is 9.98. The number of carbonyl (C=O) groups is 4. The van der Waals surface area contributed by atoms with Crippen molar-refractivity contribution in [1.29, 1.82) is 0 Å². The highest BCUT2D eigenvalue weighted by Crippen LogP contribution is 2.38. The zero-order valence-corrected chi connectivity index (χ0v) is 26.7. The first kappa shape index (κ1) is 32.9. The zero-order valence-electron chi connectivity index (χ0n) is 25.8. The summed E-state index contributed by atoms with van der Waals surface area (Å²) in [7, 11) is 0. The van der Waals surface area contributed by atoms with Crippen LogP contribution in [0.2, 0.25) is 0 Å². The lowest BCUT2D eigenvalue weighted by Crippen LogP contribution is -2.30. The van der Waals surface area contributed by atoms with E-state index in [-0.39, 0.29) is 60.1 Å². The average molecular weight is 623 g/mol. The Balaban J connectivity index is 1.74. The van der Waals surface area contributed by atoms with Crippen molar-refractivity contribution in [1.82, 2.24) is 20.9 Å². The van der Waals surface area contributed by atoms with E-state index < -0.39 is 11.9 Å². The molecular weight excluding hydrogens is 580 g/mol. The molecule has 10 nitrogen and oxygen atoms in total. The number of H-pyrrole nitrogens is 1. The average Bonchev–Trinajstić information content (AvgIpc) is 3.59. The maximum absolute atomic E-state index is 12.5. The van der Waals surface area contributed by atoms with Gasteiger partial charge >= 0.3 is 11.9 Å². The molecule has 2 unspecified atom stereocenters. The number of carbonyl (C=O) groups excluding carboxylic acids is 2. The number of hydrogen-bond donors (Lipinski definition) is 7. The van der Waals surface area contributed by atoms with Gasteiger partial charge in [0, 0.05) is 76.3 Å². The number of aliphatic carboxylic acids is 2. The number of aromatic nitrogens is 1. The van der Waals surface area contributed by atoms with Gasteiger partial charge in [0.15, 0.2) is 0 Å². The van der Waals surface area contributed by atoms with Crippen molar-refractivity contribution < 1.29 is 29.4 Å². The van der Waals surface area contributed by atoms with Crippen LogP contribution in [-0.4, -0.2) is 50.2 Å². The monoisotopic (exact) mass is 622 g/mol. The van der Waals surface area contributed by atoms with Gasteiger partial charge in [-0.25, -0.2) is 0 Å². The Bertz CT molecular complexity index is 1530. The van der Waals surface area contributed by atoms with E-state index in [9.17, 15) is 29.4 Å². The molecule has 1 fully saturated rings. The van der Waals surface area contributed by atoms with Crippen LogP contribution in [0.3, 0.4) is 0 Å². The van der Waals surface area contributed by atoms with E-state index in [1.807, 2.05) is 46.8 Å². The molecule has 2 amide bonds. The van der Waals surface area contributed by atoms with E-state index in [1.54, 1.807) is 6.08 Å². The Morgan fingerprint density at radius 1 is 1.00 bits per heavy atom. The number of allylic oxidation sites excluding steroid dienone is 2. The van der Waals surface area contributed by atoms with Gasteiger partial charge < -0.3 is 31.1 Å². The van der Waals surface area contributed by atoms with E-state index in [0.29, 0.717) is 18.4 Å². The summed E-state index contributed by atoms with van der Waals surface area (Å²) in [4.78, 5) is 51.5. The van der Waals surface area contributed by atoms with E-state index in [2.05, 4.69) is 40.1 Å². The molecule has 0 saturated carbocycles. The fourth-order valence-corrected chi connectivity index (χ4v) is 6.98. The first-order valence-corrected chi connectivity index (χ1v) is 15.4. The van der Waals surface area contributed by atoms with Gasteiger partial charge in [-0.2, -0.15) is 12.6 Å². The highest BCUT2D eigenvalue weighted by atomic mass is 32.1. The minimum absolute atomic E-state index is 0.0256. The fraction of sp³-hybridized carbons (Fsp3) is 0.455. The van der Waals surface area contributed by atoms with E-state index in [1.165, 1.54) is 0 Å². The second-order valence-electron chi connectivity index (χ2n) is 12.0. The lowest BCUT2D eigenvalue weighted by Gasteiger charge is -2.17. The van der Waals surface area contributed by atoms with Gasteiger partial charge in [-0.15, -0.1) is 0 Å². The molecular formula is C33H42N4O6S. The van der Waals surface area contributed by atoms with Gasteiger partial charge in [0.25, 0.3) is 5.91 Å². The molecule has 0 aliphatic carbocycles. The molecule has 44 heavy (non-hydrogen) atoms. The highest BCUT2D eigenvalue weighted by Gasteiger charge is 2.38. The summed E-state index contributed by atoms with van der Waals surface area (Å²) in [5, 5.41) is 28.4. The molecule has 6 N–H and O–H groups in total. The van der Waals surface area contributed by atoms with Crippen LogP contribution in [0.5, 0.6) is 0 Å². The summed E-state index contributed by atoms with van der Waals surface area (Å²) >= 11 is 4.62. The maximum Gasteiger partial charge on any atom is 0.303 e. The second-order valence-corrected chi connectivity index (χ2v) is 12.8. The topological polar surface area (TPSA) is 161 Å². The third-order valence-corrected chi connectivity index (χ3v) is 9.49. The van der Waals surface area contributed by atoms with Crippen molar-refractivity contribution in [2.75, 3.05) is 0 Å². The molecule has 11 heteroatoms. The third kappa shape index (κ3) is 6.72. The van der Waals surface area contributed by atoms with Gasteiger partial charge in [-0.3, -0.25) is 19.2 Å². The lowest BCUT2D eigenvalue weighted by molar-refractivity contribution is -0.138. The fourth-order valence-electron chi connectivity index (χ4n) is 6.56. The molecule has 1 saturated heterocycles. The van der Waals surface area contributed by atoms with E-state index >= 15 is 0 Å². The van der Waals surface area contributed by atoms with Gasteiger partial charge in [0.1, 0.15) is 0 Å². The smallest absolute Gasteiger partial charge is 0.303 e. The van der Waals surface area contributed by atoms with Crippen molar-refractivity contribution in [2.45, 2.75) is 78.0 Å². The molecule has 3 aliphatic rings. The van der Waals surface area contributed by atoms with Crippen LogP contribution in [0, 0.1) is 24.7 Å². The molecule has 4 rings (SSSR count). The zero-order chi connectivity index (χ0) is 32.5. The molecule has 1 aromatic heterocycles. The Morgan fingerprint density at radius 3 is 2.25 bits per heavy atom. The van der Waals surface area contributed by atoms with Crippen LogP contribution in [0.15, 0.2) is 46.5 Å². The summed E-state index contributed by atoms with van der Waals surface area (Å²) in [5.74, 6) is -2.56. The van der Waals surface area contributed by atoms with Gasteiger partial charge in [-0.05, 0) is 68.0 Å². The molecule has 0 bridgehead atoms. The summed E-state index contributed by atoms with van der Waals surface area (Å²) in [6.45, 7) is 13.4. The molecule has 0 spiro atoms. The predicted molar refractivity (Wildman–Crippen MR) is 172 cm³/mol. The van der Waals surface area contributed by atoms with Crippen LogP contribution in [0.4, 0.5) is 0 Å². The van der Waals surface area contributed by atoms with Crippen molar-refractivity contribution in [3.63, 3.8) is 0 Å². The van der Waals surface area contributed by atoms with Crippen molar-refractivity contribution in [2.24, 2.45) is 17.8 Å². The predicted octanol–water partition coefficient (Wildman–Crippen LogP) is 4.47. The standard InChI is InChI=1S/C33H42N4O6S/c1-7-20-15(2)25(36-33(20)43)12-23-16(3)21(8-10-29(38)39)26(34-23)14-27-22(9-11-30(40)41)17(4)24(35-27)13-28-31(19(6)44)18(5)32(42)37-28/h7,13-14,18-19,21,25,31,34-35,44H,1,8-12H2,2-6H3,(H,36,43)(H,37,42)(H,38,39)(H,40,41)/b26-14-,28-13-/t18-,19+,21?,25?,31+/m1/s1. The summed E-state index contributed by atoms with van der Waals surface area (Å²) in [6.07, 6.45) is 6.49. The maximum atomic E-state index is 12.5. The van der Waals surface area contributed by atoms with Gasteiger partial charge in [-0.1, -0.05) is 26.5 Å². The van der Waals surface area contributed by atoms with Gasteiger partial charge in [0.05, 0.1) is 6.04 Å². The van der Waals surface area contributed by atoms with Crippen LogP contribution in [0.25, 0.3) is 12.2 Å². The molecule has 5 atom stereocenters. The Hall–Kier alpha value is -3.99. The Labute approximate surface area is 263 Å². The SMILES string of the molecule is C=CC1=C(C)C(CC2=C(C)C(CCC(=O)O)/C(=C/c3[nH]c(/C=C4\NC(=O)[C@H](C)[C@H]4[C@H](C)S)c(C)c3CCC(=O)O)N2)NC1=O. The van der Waals surface area contributed by atoms with Crippen molar-refractivity contribution >= 4 is 48.5 Å². The van der Waals surface area contributed by atoms with Crippen LogP contribution in [0.1, 0.15) is 75.9 Å². The quantitative estimate of drug-likeness (QED) is 0.169. The van der Waals surface area contributed by atoms with Crippen molar-refractivity contribution in [3.05, 3.63) is 69.0 Å². The summed E-state index contributed by atoms with van der Waals surface area (Å²) in [5.41, 5.74) is 8.14. The van der Waals surface area contributed by atoms with E-state index in [0.717, 1.165) is 50.8 Å². The largest absolute Gasteiger partial charge is 0.481 e. The first-order valence-electron chi connectivity index (χ1n) is 14.9. The molecule has 236 valence electrons. The third-order valence-electron chi connectivity index (χ3n) is 9.16. The van der Waals surface area contributed by atoms with Crippen LogP contribution >= 0.6 is 12.6 Å². The number of aromatic amines is 1. The molecule has 0 aromatic carbocycles. The number of rotatable bonds is 12. The molecule has 0 radical (unpaired) electrons. The van der Waals surface area contributed by atoms with E-state index in [4.69, 9.17) is 0 Å². The minimum atomic E-state index is -0.913. The summed E-state index contributed by atoms with van der Waals surface area (Å²) < 4.78 is 0. The highest BCUT2D eigenvalue weighted by molar-refractivity contribution is 7.80. The number of carboxylic acid groups (broad SMARTS) is 2. The number of carboxylic acids is 2. The van der Waals surface area contributed by atoms with Crippen molar-refractivity contribution in [3.8, 4) is 0 Å². The van der Waals surface area contributed by atoms with Crippen LogP contribution < -0.4 is 16.0 Å².